The van der Waals surface area contributed by atoms with Gasteiger partial charge in [0.2, 0.25) is 0 Å². The Labute approximate surface area is 393 Å². The van der Waals surface area contributed by atoms with Gasteiger partial charge in [-0.15, -0.1) is 0 Å². The Kier molecular flexibility index (Phi) is 43.8. The average Bonchev–Trinajstić information content (AvgIpc) is 3.25. The highest BCUT2D eigenvalue weighted by Gasteiger charge is 2.27. The van der Waals surface area contributed by atoms with Crippen LogP contribution in [0.4, 0.5) is 0 Å². The van der Waals surface area contributed by atoms with Crippen molar-refractivity contribution in [1.82, 2.24) is 0 Å². The van der Waals surface area contributed by atoms with Crippen LogP contribution < -0.4 is 0 Å². The summed E-state index contributed by atoms with van der Waals surface area (Å²) in [7, 11) is 1.45. The van der Waals surface area contributed by atoms with E-state index < -0.39 is 26.5 Å². The number of allylic oxidation sites excluding steroid dienone is 12. The van der Waals surface area contributed by atoms with Crippen LogP contribution in [0.1, 0.15) is 206 Å². The molecule has 2 atom stereocenters. The van der Waals surface area contributed by atoms with Gasteiger partial charge in [-0.25, -0.2) is 4.57 Å². The lowest BCUT2D eigenvalue weighted by atomic mass is 10.1. The number of carbonyl (C=O) groups is 2. The molecule has 0 rings (SSSR count). The van der Waals surface area contributed by atoms with Crippen molar-refractivity contribution in [1.29, 1.82) is 0 Å². The van der Waals surface area contributed by atoms with Crippen LogP contribution >= 0.6 is 7.82 Å². The quantitative estimate of drug-likeness (QED) is 0.0211. The molecular weight excluding hydrogens is 822 g/mol. The Balaban J connectivity index is 4.32. The first-order chi connectivity index (χ1) is 31.0. The summed E-state index contributed by atoms with van der Waals surface area (Å²) >= 11 is 0. The number of phosphoric acid groups is 1. The minimum absolute atomic E-state index is 0.0215. The van der Waals surface area contributed by atoms with E-state index >= 15 is 0 Å². The maximum absolute atomic E-state index is 12.7. The number of likely N-dealkylation sites (N-methyl/N-ethyl adjacent to an activating group) is 1. The fourth-order valence-corrected chi connectivity index (χ4v) is 7.48. The third-order valence-corrected chi connectivity index (χ3v) is 11.7. The molecule has 0 saturated carbocycles. The average molecular weight is 919 g/mol. The second-order valence-electron chi connectivity index (χ2n) is 18.2. The zero-order chi connectivity index (χ0) is 47.1. The highest BCUT2D eigenvalue weighted by molar-refractivity contribution is 7.47. The maximum atomic E-state index is 12.7. The van der Waals surface area contributed by atoms with Crippen molar-refractivity contribution >= 4 is 19.8 Å². The lowest BCUT2D eigenvalue weighted by Crippen LogP contribution is -2.37. The summed E-state index contributed by atoms with van der Waals surface area (Å²) in [4.78, 5) is 35.5. The molecular formula is C54H97NO8P+. The number of rotatable bonds is 46. The van der Waals surface area contributed by atoms with Gasteiger partial charge in [0.1, 0.15) is 19.8 Å². The maximum Gasteiger partial charge on any atom is 0.472 e. The van der Waals surface area contributed by atoms with E-state index in [1.54, 1.807) is 0 Å². The molecule has 0 bridgehead atoms. The predicted molar refractivity (Wildman–Crippen MR) is 270 cm³/mol. The minimum atomic E-state index is -4.39. The topological polar surface area (TPSA) is 108 Å². The molecule has 1 N–H and O–H groups in total. The van der Waals surface area contributed by atoms with Crippen LogP contribution in [0.15, 0.2) is 72.9 Å². The number of hydrogen-bond acceptors (Lipinski definition) is 7. The van der Waals surface area contributed by atoms with Crippen molar-refractivity contribution in [2.45, 2.75) is 213 Å². The van der Waals surface area contributed by atoms with Crippen LogP contribution in [0.25, 0.3) is 0 Å². The van der Waals surface area contributed by atoms with E-state index in [9.17, 15) is 19.0 Å². The second-order valence-corrected chi connectivity index (χ2v) is 19.6. The van der Waals surface area contributed by atoms with E-state index in [0.29, 0.717) is 17.4 Å². The van der Waals surface area contributed by atoms with Gasteiger partial charge in [-0.1, -0.05) is 183 Å². The zero-order valence-electron chi connectivity index (χ0n) is 41.7. The molecule has 370 valence electrons. The zero-order valence-corrected chi connectivity index (χ0v) is 42.6. The molecule has 0 aliphatic rings. The number of quaternary nitrogens is 1. The summed E-state index contributed by atoms with van der Waals surface area (Å²) in [5.41, 5.74) is 0. The molecule has 0 aliphatic carbocycles. The molecule has 0 aromatic heterocycles. The van der Waals surface area contributed by atoms with Crippen molar-refractivity contribution < 1.29 is 42.1 Å². The summed E-state index contributed by atoms with van der Waals surface area (Å²) in [6.07, 6.45) is 58.1. The molecule has 64 heavy (non-hydrogen) atoms. The SMILES string of the molecule is CC/C=C\C/C=C\C/C=C\C/C=C\C/C=C\CCCCCC(=O)OC(COC(=O)CCCCCCCCCCC/C=C\CCCCCCCCCC)COP(=O)(O)OCC[N+](C)(C)C. The minimum Gasteiger partial charge on any atom is -0.462 e. The Morgan fingerprint density at radius 1 is 0.500 bits per heavy atom. The van der Waals surface area contributed by atoms with Gasteiger partial charge >= 0.3 is 19.8 Å². The number of phosphoric ester groups is 1. The molecule has 0 saturated heterocycles. The number of hydrogen-bond donors (Lipinski definition) is 1. The summed E-state index contributed by atoms with van der Waals surface area (Å²) < 4.78 is 34.4. The molecule has 0 heterocycles. The van der Waals surface area contributed by atoms with Crippen molar-refractivity contribution in [3.8, 4) is 0 Å². The standard InChI is InChI=1S/C54H96NO8P/c1-6-8-10-12-14-16-18-20-22-24-26-27-29-30-32-34-36-38-40-42-44-46-53(56)60-50-52(51-62-64(58,59)61-49-48-55(3,4)5)63-54(57)47-45-43-41-39-37-35-33-31-28-25-23-21-19-17-15-13-11-9-7-2/h9,11,15,17,21,23-24,26,28,31,35,37,52H,6-8,10,12-14,16,18-20,22,25,27,29-30,32-34,36,38-51H2,1-5H3/p+1/b11-9-,17-15-,23-21-,26-24-,31-28-,37-35-. The number of unbranched alkanes of at least 4 members (excludes halogenated alkanes) is 20. The van der Waals surface area contributed by atoms with Crippen LogP contribution in [0.2, 0.25) is 0 Å². The monoisotopic (exact) mass is 919 g/mol. The van der Waals surface area contributed by atoms with Gasteiger partial charge < -0.3 is 18.9 Å². The van der Waals surface area contributed by atoms with E-state index in [1.807, 2.05) is 21.1 Å². The van der Waals surface area contributed by atoms with Crippen LogP contribution in [0.5, 0.6) is 0 Å². The molecule has 0 spiro atoms. The lowest BCUT2D eigenvalue weighted by molar-refractivity contribution is -0.870. The largest absolute Gasteiger partial charge is 0.472 e. The van der Waals surface area contributed by atoms with Crippen molar-refractivity contribution in [3.05, 3.63) is 72.9 Å². The third-order valence-electron chi connectivity index (χ3n) is 10.7. The van der Waals surface area contributed by atoms with E-state index in [2.05, 4.69) is 86.8 Å². The van der Waals surface area contributed by atoms with E-state index in [1.165, 1.54) is 103 Å². The van der Waals surface area contributed by atoms with Gasteiger partial charge in [0.05, 0.1) is 27.7 Å². The Morgan fingerprint density at radius 3 is 1.36 bits per heavy atom. The van der Waals surface area contributed by atoms with Crippen LogP contribution in [0.3, 0.4) is 0 Å². The number of carbonyl (C=O) groups excluding carboxylic acids is 2. The first-order valence-electron chi connectivity index (χ1n) is 25.7. The molecule has 0 radical (unpaired) electrons. The Bertz CT molecular complexity index is 1310. The Morgan fingerprint density at radius 2 is 0.891 bits per heavy atom. The highest BCUT2D eigenvalue weighted by atomic mass is 31.2. The normalized spacial score (nSPS) is 14.0. The molecule has 10 heteroatoms. The smallest absolute Gasteiger partial charge is 0.462 e. The predicted octanol–water partition coefficient (Wildman–Crippen LogP) is 15.4. The fraction of sp³-hybridized carbons (Fsp3) is 0.741. The Hall–Kier alpha value is -2.55. The third kappa shape index (κ3) is 48.9. The summed E-state index contributed by atoms with van der Waals surface area (Å²) in [5.74, 6) is -0.839. The highest BCUT2D eigenvalue weighted by Crippen LogP contribution is 2.43. The summed E-state index contributed by atoms with van der Waals surface area (Å²) in [5, 5.41) is 0. The number of ether oxygens (including phenoxy) is 2. The summed E-state index contributed by atoms with van der Waals surface area (Å²) in [6, 6.07) is 0. The van der Waals surface area contributed by atoms with Crippen LogP contribution in [-0.2, 0) is 32.7 Å². The number of nitrogens with zero attached hydrogens (tertiary/aromatic N) is 1. The lowest BCUT2D eigenvalue weighted by Gasteiger charge is -2.24. The van der Waals surface area contributed by atoms with Gasteiger partial charge in [0.15, 0.2) is 6.10 Å². The number of esters is 2. The van der Waals surface area contributed by atoms with Crippen molar-refractivity contribution in [2.75, 3.05) is 47.5 Å². The van der Waals surface area contributed by atoms with Gasteiger partial charge in [0, 0.05) is 12.8 Å². The molecule has 0 aliphatic heterocycles. The van der Waals surface area contributed by atoms with Gasteiger partial charge in [-0.05, 0) is 83.5 Å². The fourth-order valence-electron chi connectivity index (χ4n) is 6.74. The van der Waals surface area contributed by atoms with E-state index in [4.69, 9.17) is 18.5 Å². The van der Waals surface area contributed by atoms with Gasteiger partial charge in [0.25, 0.3) is 0 Å². The van der Waals surface area contributed by atoms with Gasteiger partial charge in [-0.2, -0.15) is 0 Å². The van der Waals surface area contributed by atoms with E-state index in [0.717, 1.165) is 70.6 Å². The van der Waals surface area contributed by atoms with Crippen LogP contribution in [-0.4, -0.2) is 74.9 Å². The molecule has 0 aromatic carbocycles. The van der Waals surface area contributed by atoms with Crippen LogP contribution in [0, 0.1) is 0 Å². The summed E-state index contributed by atoms with van der Waals surface area (Å²) in [6.45, 7) is 4.27. The second kappa shape index (κ2) is 45.6. The molecule has 2 unspecified atom stereocenters. The molecule has 0 aromatic rings. The molecule has 0 amide bonds. The van der Waals surface area contributed by atoms with Crippen molar-refractivity contribution in [3.63, 3.8) is 0 Å². The van der Waals surface area contributed by atoms with E-state index in [-0.39, 0.29) is 32.0 Å². The molecule has 0 fully saturated rings. The molecule has 9 nitrogen and oxygen atoms in total. The first-order valence-corrected chi connectivity index (χ1v) is 27.2. The van der Waals surface area contributed by atoms with Crippen molar-refractivity contribution in [2.24, 2.45) is 0 Å². The van der Waals surface area contributed by atoms with Gasteiger partial charge in [-0.3, -0.25) is 18.6 Å². The first kappa shape index (κ1) is 61.5.